The monoisotopic (exact) mass is 570 g/mol. The van der Waals surface area contributed by atoms with Crippen LogP contribution in [0, 0.1) is 6.92 Å². The predicted molar refractivity (Wildman–Crippen MR) is 142 cm³/mol. The SMILES string of the molecule is Cc1ccc(S(=O)(=O)O)cc1.O=C(O)c1cc(N=Nc2ccc(S(=O)(=O)Nc3ccccn3)cc2)ccc1O. The molecule has 0 aliphatic carbocycles. The summed E-state index contributed by atoms with van der Waals surface area (Å²) in [5, 5.41) is 26.3. The van der Waals surface area contributed by atoms with Crippen LogP contribution in [0.4, 0.5) is 17.2 Å². The number of nitrogens with one attached hydrogen (secondary N) is 1. The van der Waals surface area contributed by atoms with E-state index in [0.717, 1.165) is 5.56 Å². The van der Waals surface area contributed by atoms with E-state index in [1.807, 2.05) is 6.92 Å². The van der Waals surface area contributed by atoms with Gasteiger partial charge in [-0.3, -0.25) is 9.27 Å². The van der Waals surface area contributed by atoms with E-state index in [-0.39, 0.29) is 32.6 Å². The molecule has 0 aliphatic rings. The van der Waals surface area contributed by atoms with Crippen molar-refractivity contribution < 1.29 is 36.4 Å². The van der Waals surface area contributed by atoms with Gasteiger partial charge in [0, 0.05) is 6.20 Å². The maximum Gasteiger partial charge on any atom is 0.339 e. The topological polar surface area (TPSA) is 196 Å². The zero-order valence-corrected chi connectivity index (χ0v) is 21.8. The molecule has 4 rings (SSSR count). The highest BCUT2D eigenvalue weighted by Crippen LogP contribution is 2.26. The molecule has 3 aromatic carbocycles. The fourth-order valence-electron chi connectivity index (χ4n) is 2.89. The van der Waals surface area contributed by atoms with Gasteiger partial charge in [0.05, 0.1) is 21.2 Å². The molecule has 0 saturated carbocycles. The van der Waals surface area contributed by atoms with Gasteiger partial charge in [-0.25, -0.2) is 18.2 Å². The predicted octanol–water partition coefficient (Wildman–Crippen LogP) is 4.94. The minimum atomic E-state index is -4.02. The summed E-state index contributed by atoms with van der Waals surface area (Å²) in [6, 6.07) is 20.3. The van der Waals surface area contributed by atoms with Crippen molar-refractivity contribution >= 4 is 43.3 Å². The molecule has 0 saturated heterocycles. The van der Waals surface area contributed by atoms with E-state index in [1.165, 1.54) is 66.9 Å². The zero-order valence-electron chi connectivity index (χ0n) is 20.2. The number of carboxylic acid groups (broad SMARTS) is 1. The third-order valence-electron chi connectivity index (χ3n) is 4.86. The van der Waals surface area contributed by atoms with Gasteiger partial charge in [-0.15, -0.1) is 0 Å². The lowest BCUT2D eigenvalue weighted by molar-refractivity contribution is 0.0693. The number of nitrogens with zero attached hydrogens (tertiary/aromatic N) is 3. The number of aromatic carboxylic acids is 1. The molecule has 1 aromatic heterocycles. The third-order valence-corrected chi connectivity index (χ3v) is 7.10. The first kappa shape index (κ1) is 28.9. The Morgan fingerprint density at radius 2 is 1.41 bits per heavy atom. The summed E-state index contributed by atoms with van der Waals surface area (Å²) in [5.74, 6) is -1.46. The molecule has 0 spiro atoms. The fraction of sp³-hybridized carbons (Fsp3) is 0.0400. The van der Waals surface area contributed by atoms with E-state index in [4.69, 9.17) is 9.66 Å². The van der Waals surface area contributed by atoms with E-state index in [9.17, 15) is 26.7 Å². The second-order valence-electron chi connectivity index (χ2n) is 7.81. The summed E-state index contributed by atoms with van der Waals surface area (Å²) in [4.78, 5) is 14.9. The van der Waals surface area contributed by atoms with Crippen molar-refractivity contribution in [3.05, 3.63) is 102 Å². The van der Waals surface area contributed by atoms with E-state index >= 15 is 0 Å². The van der Waals surface area contributed by atoms with Gasteiger partial charge in [-0.1, -0.05) is 23.8 Å². The average molecular weight is 571 g/mol. The second kappa shape index (κ2) is 12.3. The lowest BCUT2D eigenvalue weighted by Gasteiger charge is -2.07. The summed E-state index contributed by atoms with van der Waals surface area (Å²) in [6.07, 6.45) is 1.47. The van der Waals surface area contributed by atoms with Gasteiger partial charge in [0.25, 0.3) is 20.1 Å². The highest BCUT2D eigenvalue weighted by molar-refractivity contribution is 7.92. The Labute approximate surface area is 224 Å². The van der Waals surface area contributed by atoms with Crippen LogP contribution in [0.15, 0.2) is 111 Å². The number of benzene rings is 3. The van der Waals surface area contributed by atoms with Crippen LogP contribution in [0.5, 0.6) is 5.75 Å². The van der Waals surface area contributed by atoms with Crippen molar-refractivity contribution in [2.45, 2.75) is 16.7 Å². The van der Waals surface area contributed by atoms with Crippen molar-refractivity contribution in [3.63, 3.8) is 0 Å². The first-order chi connectivity index (χ1) is 18.3. The third kappa shape index (κ3) is 8.43. The Bertz CT molecular complexity index is 1690. The zero-order chi connectivity index (χ0) is 28.6. The summed E-state index contributed by atoms with van der Waals surface area (Å²) in [5.41, 5.74) is 1.25. The molecule has 202 valence electrons. The number of anilines is 1. The number of aryl methyl sites for hydroxylation is 1. The van der Waals surface area contributed by atoms with Crippen molar-refractivity contribution in [3.8, 4) is 5.75 Å². The summed E-state index contributed by atoms with van der Waals surface area (Å²) >= 11 is 0. The Balaban J connectivity index is 0.000000320. The van der Waals surface area contributed by atoms with Gasteiger partial charge in [0.1, 0.15) is 17.1 Å². The highest BCUT2D eigenvalue weighted by atomic mass is 32.2. The number of carbonyl (C=O) groups is 1. The van der Waals surface area contributed by atoms with Gasteiger partial charge in [0.2, 0.25) is 0 Å². The van der Waals surface area contributed by atoms with Crippen molar-refractivity contribution in [1.29, 1.82) is 0 Å². The molecule has 0 amide bonds. The van der Waals surface area contributed by atoms with E-state index < -0.39 is 26.1 Å². The molecule has 12 nitrogen and oxygen atoms in total. The lowest BCUT2D eigenvalue weighted by Crippen LogP contribution is -2.13. The summed E-state index contributed by atoms with van der Waals surface area (Å²) in [6.45, 7) is 1.84. The number of azo groups is 1. The average Bonchev–Trinajstić information content (AvgIpc) is 2.89. The molecule has 0 unspecified atom stereocenters. The van der Waals surface area contributed by atoms with E-state index in [0.29, 0.717) is 5.69 Å². The van der Waals surface area contributed by atoms with Crippen LogP contribution in [-0.2, 0) is 20.1 Å². The van der Waals surface area contributed by atoms with E-state index in [2.05, 4.69) is 19.9 Å². The van der Waals surface area contributed by atoms with Crippen LogP contribution in [-0.4, -0.2) is 42.6 Å². The molecule has 0 fully saturated rings. The minimum absolute atomic E-state index is 0.0231. The molecular weight excluding hydrogens is 548 g/mol. The first-order valence-corrected chi connectivity index (χ1v) is 13.8. The molecule has 0 radical (unpaired) electrons. The number of rotatable bonds is 7. The first-order valence-electron chi connectivity index (χ1n) is 10.9. The maximum absolute atomic E-state index is 12.3. The largest absolute Gasteiger partial charge is 0.507 e. The quantitative estimate of drug-likeness (QED) is 0.176. The molecular formula is C25H22N4O8S2. The standard InChI is InChI=1S/C18H14N4O5S.C7H8O3S/c23-16-9-6-13(11-15(16)18(24)25)21-20-12-4-7-14(8-5-12)28(26,27)22-17-3-1-2-10-19-17;1-6-2-4-7(5-3-6)11(8,9)10/h1-11,23H,(H,19,22)(H,24,25);2-5H,1H3,(H,8,9,10). The van der Waals surface area contributed by atoms with Crippen LogP contribution in [0.25, 0.3) is 0 Å². The second-order valence-corrected chi connectivity index (χ2v) is 10.9. The highest BCUT2D eigenvalue weighted by Gasteiger charge is 2.14. The van der Waals surface area contributed by atoms with Gasteiger partial charge in [-0.05, 0) is 73.7 Å². The summed E-state index contributed by atoms with van der Waals surface area (Å²) < 4.78 is 56.6. The van der Waals surface area contributed by atoms with Crippen LogP contribution < -0.4 is 4.72 Å². The normalized spacial score (nSPS) is 11.4. The van der Waals surface area contributed by atoms with Crippen molar-refractivity contribution in [2.24, 2.45) is 10.2 Å². The molecule has 0 aliphatic heterocycles. The number of hydrogen-bond donors (Lipinski definition) is 4. The van der Waals surface area contributed by atoms with Crippen molar-refractivity contribution in [1.82, 2.24) is 4.98 Å². The Hall–Kier alpha value is -4.66. The van der Waals surface area contributed by atoms with Gasteiger partial charge >= 0.3 is 5.97 Å². The number of sulfonamides is 1. The number of aromatic hydroxyl groups is 1. The Morgan fingerprint density at radius 1 is 0.821 bits per heavy atom. The van der Waals surface area contributed by atoms with Gasteiger partial charge < -0.3 is 10.2 Å². The van der Waals surface area contributed by atoms with Crippen molar-refractivity contribution in [2.75, 3.05) is 4.72 Å². The van der Waals surface area contributed by atoms with E-state index in [1.54, 1.807) is 24.3 Å². The van der Waals surface area contributed by atoms with Gasteiger partial charge in [0.15, 0.2) is 0 Å². The maximum atomic E-state index is 12.3. The number of hydrogen-bond acceptors (Lipinski definition) is 9. The van der Waals surface area contributed by atoms with Gasteiger partial charge in [-0.2, -0.15) is 18.6 Å². The number of carboxylic acids is 1. The van der Waals surface area contributed by atoms with Crippen LogP contribution in [0.2, 0.25) is 0 Å². The molecule has 0 bridgehead atoms. The molecule has 4 aromatic rings. The molecule has 1 heterocycles. The number of phenols is 1. The Kier molecular flexibility index (Phi) is 9.08. The van der Waals surface area contributed by atoms with Crippen LogP contribution in [0.1, 0.15) is 15.9 Å². The smallest absolute Gasteiger partial charge is 0.339 e. The minimum Gasteiger partial charge on any atom is -0.507 e. The van der Waals surface area contributed by atoms with Crippen LogP contribution >= 0.6 is 0 Å². The molecule has 14 heteroatoms. The molecule has 4 N–H and O–H groups in total. The lowest BCUT2D eigenvalue weighted by atomic mass is 10.2. The summed E-state index contributed by atoms with van der Waals surface area (Å²) in [7, 11) is -7.81. The van der Waals surface area contributed by atoms with Crippen LogP contribution in [0.3, 0.4) is 0 Å². The Morgan fingerprint density at radius 3 is 1.97 bits per heavy atom. The molecule has 39 heavy (non-hydrogen) atoms. The number of pyridine rings is 1. The molecule has 0 atom stereocenters. The fourth-order valence-corrected chi connectivity index (χ4v) is 4.38. The number of aromatic nitrogens is 1.